The van der Waals surface area contributed by atoms with Crippen molar-refractivity contribution in [3.63, 3.8) is 0 Å². The lowest BCUT2D eigenvalue weighted by molar-refractivity contribution is 0.0950. The highest BCUT2D eigenvalue weighted by molar-refractivity contribution is 9.10. The summed E-state index contributed by atoms with van der Waals surface area (Å²) >= 11 is 9.27. The number of rotatable bonds is 6. The number of methoxy groups -OCH3 is 2. The average molecular weight is 388 g/mol. The molecule has 0 aliphatic heterocycles. The number of aromatic amines is 1. The van der Waals surface area contributed by atoms with E-state index < -0.39 is 0 Å². The molecule has 1 aromatic carbocycles. The highest BCUT2D eigenvalue weighted by Crippen LogP contribution is 2.33. The van der Waals surface area contributed by atoms with E-state index in [-0.39, 0.29) is 5.91 Å². The van der Waals surface area contributed by atoms with Crippen LogP contribution < -0.4 is 14.8 Å². The van der Waals surface area contributed by atoms with Gasteiger partial charge in [0.15, 0.2) is 11.5 Å². The number of amides is 1. The Morgan fingerprint density at radius 3 is 2.55 bits per heavy atom. The predicted octanol–water partition coefficient (Wildman–Crippen LogP) is 3.42. The van der Waals surface area contributed by atoms with Gasteiger partial charge in [0.05, 0.1) is 19.2 Å². The maximum Gasteiger partial charge on any atom is 0.267 e. The summed E-state index contributed by atoms with van der Waals surface area (Å²) in [7, 11) is 3.18. The summed E-state index contributed by atoms with van der Waals surface area (Å²) in [5.41, 5.74) is 1.46. The smallest absolute Gasteiger partial charge is 0.267 e. The molecule has 2 N–H and O–H groups in total. The van der Waals surface area contributed by atoms with Crippen molar-refractivity contribution in [3.8, 4) is 11.5 Å². The maximum absolute atomic E-state index is 11.9. The molecule has 5 nitrogen and oxygen atoms in total. The molecule has 1 aromatic heterocycles. The van der Waals surface area contributed by atoms with Crippen molar-refractivity contribution in [2.24, 2.45) is 0 Å². The van der Waals surface area contributed by atoms with Crippen molar-refractivity contribution >= 4 is 33.4 Å². The monoisotopic (exact) mass is 386 g/mol. The van der Waals surface area contributed by atoms with Crippen LogP contribution in [0.1, 0.15) is 16.1 Å². The zero-order valence-corrected chi connectivity index (χ0v) is 14.5. The Morgan fingerprint density at radius 1 is 1.27 bits per heavy atom. The fraction of sp³-hybridized carbons (Fsp3) is 0.267. The van der Waals surface area contributed by atoms with Crippen LogP contribution in [0.15, 0.2) is 28.9 Å². The van der Waals surface area contributed by atoms with Crippen molar-refractivity contribution in [2.75, 3.05) is 20.8 Å². The highest BCUT2D eigenvalue weighted by atomic mass is 79.9. The molecule has 2 rings (SSSR count). The summed E-state index contributed by atoms with van der Waals surface area (Å²) < 4.78 is 11.4. The SMILES string of the molecule is COc1cc(Br)c(CCNC(=O)c2cc(Cl)c[nH]2)cc1OC. The summed E-state index contributed by atoms with van der Waals surface area (Å²) in [6.45, 7) is 0.490. The number of hydrogen-bond donors (Lipinski definition) is 2. The van der Waals surface area contributed by atoms with E-state index in [1.54, 1.807) is 26.5 Å². The van der Waals surface area contributed by atoms with Crippen LogP contribution in [0.3, 0.4) is 0 Å². The van der Waals surface area contributed by atoms with Gasteiger partial charge in [-0.25, -0.2) is 0 Å². The number of carbonyl (C=O) groups is 1. The molecule has 0 aliphatic rings. The first-order chi connectivity index (χ1) is 10.5. The third-order valence-electron chi connectivity index (χ3n) is 3.12. The largest absolute Gasteiger partial charge is 0.493 e. The van der Waals surface area contributed by atoms with Crippen LogP contribution in [0.2, 0.25) is 5.02 Å². The number of halogens is 2. The number of carbonyl (C=O) groups excluding carboxylic acids is 1. The molecule has 0 radical (unpaired) electrons. The van der Waals surface area contributed by atoms with Gasteiger partial charge >= 0.3 is 0 Å². The van der Waals surface area contributed by atoms with Crippen LogP contribution in [0.5, 0.6) is 11.5 Å². The molecule has 2 aromatic rings. The number of benzene rings is 1. The molecule has 0 fully saturated rings. The second-order valence-electron chi connectivity index (χ2n) is 4.54. The van der Waals surface area contributed by atoms with Crippen LogP contribution >= 0.6 is 27.5 Å². The fourth-order valence-corrected chi connectivity index (χ4v) is 2.68. The number of ether oxygens (including phenoxy) is 2. The molecule has 118 valence electrons. The second kappa shape index (κ2) is 7.56. The molecular weight excluding hydrogens is 372 g/mol. The summed E-state index contributed by atoms with van der Waals surface area (Å²) in [4.78, 5) is 14.7. The third kappa shape index (κ3) is 3.96. The molecule has 0 atom stereocenters. The average Bonchev–Trinajstić information content (AvgIpc) is 2.95. The highest BCUT2D eigenvalue weighted by Gasteiger charge is 2.11. The maximum atomic E-state index is 11.9. The van der Waals surface area contributed by atoms with Gasteiger partial charge in [-0.3, -0.25) is 4.79 Å². The Labute approximate surface area is 142 Å². The lowest BCUT2D eigenvalue weighted by Gasteiger charge is -2.12. The topological polar surface area (TPSA) is 63.3 Å². The van der Waals surface area contributed by atoms with Gasteiger partial charge in [0, 0.05) is 17.2 Å². The van der Waals surface area contributed by atoms with Crippen molar-refractivity contribution in [1.29, 1.82) is 0 Å². The lowest BCUT2D eigenvalue weighted by atomic mass is 10.1. The van der Waals surface area contributed by atoms with Gasteiger partial charge in [0.25, 0.3) is 5.91 Å². The van der Waals surface area contributed by atoms with Crippen molar-refractivity contribution < 1.29 is 14.3 Å². The van der Waals surface area contributed by atoms with Crippen molar-refractivity contribution in [3.05, 3.63) is 45.1 Å². The van der Waals surface area contributed by atoms with Crippen LogP contribution in [0.25, 0.3) is 0 Å². The molecular formula is C15H16BrClN2O3. The van der Waals surface area contributed by atoms with E-state index in [2.05, 4.69) is 26.2 Å². The molecule has 0 spiro atoms. The molecule has 1 amide bonds. The van der Waals surface area contributed by atoms with Gasteiger partial charge in [0.2, 0.25) is 0 Å². The standard InChI is InChI=1S/C15H16BrClN2O3/c1-21-13-5-9(11(16)7-14(13)22-2)3-4-18-15(20)12-6-10(17)8-19-12/h5-8,19H,3-4H2,1-2H3,(H,18,20). The normalized spacial score (nSPS) is 10.4. The Morgan fingerprint density at radius 2 is 1.95 bits per heavy atom. The number of nitrogens with one attached hydrogen (secondary N) is 2. The summed E-state index contributed by atoms with van der Waals surface area (Å²) in [6.07, 6.45) is 2.22. The Bertz CT molecular complexity index is 673. The minimum atomic E-state index is -0.191. The van der Waals surface area contributed by atoms with Gasteiger partial charge in [-0.05, 0) is 30.2 Å². The molecule has 0 unspecified atom stereocenters. The van der Waals surface area contributed by atoms with E-state index in [0.717, 1.165) is 10.0 Å². The minimum Gasteiger partial charge on any atom is -0.493 e. The summed E-state index contributed by atoms with van der Waals surface area (Å²) in [5.74, 6) is 1.12. The second-order valence-corrected chi connectivity index (χ2v) is 5.83. The van der Waals surface area contributed by atoms with Crippen LogP contribution in [-0.2, 0) is 6.42 Å². The van der Waals surface area contributed by atoms with Crippen molar-refractivity contribution in [1.82, 2.24) is 10.3 Å². The summed E-state index contributed by atoms with van der Waals surface area (Å²) in [5, 5.41) is 3.34. The number of hydrogen-bond acceptors (Lipinski definition) is 3. The zero-order chi connectivity index (χ0) is 16.1. The molecule has 0 saturated heterocycles. The molecule has 22 heavy (non-hydrogen) atoms. The number of aromatic nitrogens is 1. The quantitative estimate of drug-likeness (QED) is 0.798. The zero-order valence-electron chi connectivity index (χ0n) is 12.2. The fourth-order valence-electron chi connectivity index (χ4n) is 1.99. The molecule has 1 heterocycles. The van der Waals surface area contributed by atoms with Crippen LogP contribution in [-0.4, -0.2) is 31.7 Å². The molecule has 0 aliphatic carbocycles. The first-order valence-corrected chi connectivity index (χ1v) is 7.74. The molecule has 0 saturated carbocycles. The Balaban J connectivity index is 1.98. The van der Waals surface area contributed by atoms with Crippen LogP contribution in [0, 0.1) is 0 Å². The third-order valence-corrected chi connectivity index (χ3v) is 4.08. The molecule has 7 heteroatoms. The minimum absolute atomic E-state index is 0.191. The van der Waals surface area contributed by atoms with E-state index in [0.29, 0.717) is 35.2 Å². The van der Waals surface area contributed by atoms with E-state index in [1.807, 2.05) is 12.1 Å². The van der Waals surface area contributed by atoms with Gasteiger partial charge < -0.3 is 19.8 Å². The lowest BCUT2D eigenvalue weighted by Crippen LogP contribution is -2.26. The number of H-pyrrole nitrogens is 1. The van der Waals surface area contributed by atoms with Gasteiger partial charge in [-0.15, -0.1) is 0 Å². The first-order valence-electron chi connectivity index (χ1n) is 6.57. The first kappa shape index (κ1) is 16.7. The van der Waals surface area contributed by atoms with Crippen molar-refractivity contribution in [2.45, 2.75) is 6.42 Å². The van der Waals surface area contributed by atoms with E-state index >= 15 is 0 Å². The Hall–Kier alpha value is -1.66. The predicted molar refractivity (Wildman–Crippen MR) is 89.1 cm³/mol. The summed E-state index contributed by atoms with van der Waals surface area (Å²) in [6, 6.07) is 5.32. The van der Waals surface area contributed by atoms with E-state index in [4.69, 9.17) is 21.1 Å². The van der Waals surface area contributed by atoms with E-state index in [1.165, 1.54) is 0 Å². The van der Waals surface area contributed by atoms with Crippen LogP contribution in [0.4, 0.5) is 0 Å². The van der Waals surface area contributed by atoms with Gasteiger partial charge in [-0.2, -0.15) is 0 Å². The van der Waals surface area contributed by atoms with E-state index in [9.17, 15) is 4.79 Å². The molecule has 0 bridgehead atoms. The van der Waals surface area contributed by atoms with Gasteiger partial charge in [0.1, 0.15) is 5.69 Å². The Kier molecular flexibility index (Phi) is 5.74. The van der Waals surface area contributed by atoms with Gasteiger partial charge in [-0.1, -0.05) is 27.5 Å².